The summed E-state index contributed by atoms with van der Waals surface area (Å²) in [5.41, 5.74) is 3.98. The lowest BCUT2D eigenvalue weighted by atomic mass is 9.94. The number of nitrogens with zero attached hydrogens (tertiary/aromatic N) is 2. The van der Waals surface area contributed by atoms with E-state index in [1.54, 1.807) is 18.5 Å². The molecule has 0 aliphatic carbocycles. The maximum Gasteiger partial charge on any atom is 0.338 e. The van der Waals surface area contributed by atoms with Crippen molar-refractivity contribution < 1.29 is 14.3 Å². The smallest absolute Gasteiger partial charge is 0.338 e. The average Bonchev–Trinajstić information content (AvgIpc) is 3.20. The zero-order valence-electron chi connectivity index (χ0n) is 16.8. The average molecular weight is 402 g/mol. The van der Waals surface area contributed by atoms with E-state index in [1.165, 1.54) is 0 Å². The molecule has 0 unspecified atom stereocenters. The fourth-order valence-electron chi connectivity index (χ4n) is 3.54. The predicted octanol–water partition coefficient (Wildman–Crippen LogP) is 3.73. The second kappa shape index (κ2) is 8.24. The summed E-state index contributed by atoms with van der Waals surface area (Å²) in [5.74, 6) is -0.473. The molecule has 0 spiro atoms. The number of para-hydroxylation sites is 1. The third-order valence-electron chi connectivity index (χ3n) is 4.89. The quantitative estimate of drug-likeness (QED) is 0.637. The van der Waals surface area contributed by atoms with E-state index in [2.05, 4.69) is 10.6 Å². The van der Waals surface area contributed by atoms with Crippen LogP contribution in [0.1, 0.15) is 25.5 Å². The number of esters is 1. The molecule has 0 saturated carbocycles. The molecule has 0 saturated heterocycles. The van der Waals surface area contributed by atoms with Gasteiger partial charge in [-0.05, 0) is 26.0 Å². The van der Waals surface area contributed by atoms with E-state index in [0.717, 1.165) is 11.3 Å². The molecule has 7 heteroatoms. The van der Waals surface area contributed by atoms with Gasteiger partial charge in [0.25, 0.3) is 0 Å². The van der Waals surface area contributed by atoms with Crippen LogP contribution in [0.4, 0.5) is 4.79 Å². The van der Waals surface area contributed by atoms with Crippen LogP contribution in [0.3, 0.4) is 0 Å². The van der Waals surface area contributed by atoms with Crippen LogP contribution in [0.25, 0.3) is 16.9 Å². The van der Waals surface area contributed by atoms with Gasteiger partial charge in [0.2, 0.25) is 0 Å². The number of carbonyl (C=O) groups excluding carboxylic acids is 2. The Bertz CT molecular complexity index is 1100. The van der Waals surface area contributed by atoms with Crippen LogP contribution in [0.5, 0.6) is 0 Å². The maximum absolute atomic E-state index is 12.7. The van der Waals surface area contributed by atoms with E-state index in [0.29, 0.717) is 22.5 Å². The summed E-state index contributed by atoms with van der Waals surface area (Å²) in [6.45, 7) is 3.69. The molecule has 1 aromatic heterocycles. The Balaban J connectivity index is 1.89. The van der Waals surface area contributed by atoms with E-state index in [9.17, 15) is 9.59 Å². The molecule has 4 rings (SSSR count). The van der Waals surface area contributed by atoms with E-state index < -0.39 is 12.0 Å². The first-order valence-corrected chi connectivity index (χ1v) is 9.74. The number of aromatic nitrogens is 2. The minimum atomic E-state index is -0.689. The maximum atomic E-state index is 12.7. The van der Waals surface area contributed by atoms with Crippen LogP contribution < -0.4 is 10.6 Å². The van der Waals surface area contributed by atoms with Gasteiger partial charge in [0.15, 0.2) is 0 Å². The van der Waals surface area contributed by atoms with Crippen LogP contribution in [-0.2, 0) is 9.53 Å². The van der Waals surface area contributed by atoms with E-state index in [4.69, 9.17) is 9.84 Å². The molecule has 0 fully saturated rings. The van der Waals surface area contributed by atoms with Crippen LogP contribution >= 0.6 is 0 Å². The third-order valence-corrected chi connectivity index (χ3v) is 4.89. The van der Waals surface area contributed by atoms with Crippen LogP contribution in [0, 0.1) is 0 Å². The molecule has 2 aromatic carbocycles. The van der Waals surface area contributed by atoms with Gasteiger partial charge in [-0.25, -0.2) is 14.3 Å². The highest BCUT2D eigenvalue weighted by molar-refractivity contribution is 5.95. The summed E-state index contributed by atoms with van der Waals surface area (Å²) >= 11 is 0. The molecule has 0 bridgehead atoms. The van der Waals surface area contributed by atoms with Crippen molar-refractivity contribution in [3.05, 3.63) is 83.7 Å². The summed E-state index contributed by atoms with van der Waals surface area (Å²) in [4.78, 5) is 25.0. The SMILES string of the molecule is CCOC(=O)C1=C(C)NC(=O)N[C@H]1c1cn(-c2ccccc2)nc1-c1ccccc1. The number of carbonyl (C=O) groups is 2. The van der Waals surface area contributed by atoms with Gasteiger partial charge in [0, 0.05) is 23.0 Å². The molecule has 0 radical (unpaired) electrons. The van der Waals surface area contributed by atoms with Gasteiger partial charge in [-0.2, -0.15) is 5.10 Å². The second-order valence-electron chi connectivity index (χ2n) is 6.87. The number of nitrogens with one attached hydrogen (secondary N) is 2. The predicted molar refractivity (Wildman–Crippen MR) is 113 cm³/mol. The third kappa shape index (κ3) is 3.69. The Labute approximate surface area is 174 Å². The number of hydrogen-bond donors (Lipinski definition) is 2. The van der Waals surface area contributed by atoms with Crippen molar-refractivity contribution in [2.45, 2.75) is 19.9 Å². The van der Waals surface area contributed by atoms with E-state index >= 15 is 0 Å². The number of amides is 2. The van der Waals surface area contributed by atoms with E-state index in [1.807, 2.05) is 66.9 Å². The fraction of sp³-hybridized carbons (Fsp3) is 0.174. The molecular formula is C23H22N4O3. The first-order chi connectivity index (χ1) is 14.6. The van der Waals surface area contributed by atoms with Crippen molar-refractivity contribution in [1.29, 1.82) is 0 Å². The zero-order valence-corrected chi connectivity index (χ0v) is 16.8. The molecule has 7 nitrogen and oxygen atoms in total. The van der Waals surface area contributed by atoms with Crippen molar-refractivity contribution in [1.82, 2.24) is 20.4 Å². The summed E-state index contributed by atoms with van der Waals surface area (Å²) in [6, 6.07) is 18.3. The van der Waals surface area contributed by atoms with Crippen molar-refractivity contribution >= 4 is 12.0 Å². The summed E-state index contributed by atoms with van der Waals surface area (Å²) < 4.78 is 7.01. The van der Waals surface area contributed by atoms with Crippen molar-refractivity contribution in [2.24, 2.45) is 0 Å². The molecule has 3 aromatic rings. The van der Waals surface area contributed by atoms with Crippen molar-refractivity contribution in [2.75, 3.05) is 6.61 Å². The van der Waals surface area contributed by atoms with Gasteiger partial charge < -0.3 is 15.4 Å². The molecule has 30 heavy (non-hydrogen) atoms. The summed E-state index contributed by atoms with van der Waals surface area (Å²) in [7, 11) is 0. The summed E-state index contributed by atoms with van der Waals surface area (Å²) in [6.07, 6.45) is 1.85. The number of hydrogen-bond acceptors (Lipinski definition) is 4. The number of ether oxygens (including phenoxy) is 1. The Hall–Kier alpha value is -3.87. The van der Waals surface area contributed by atoms with Gasteiger partial charge in [-0.3, -0.25) is 0 Å². The van der Waals surface area contributed by atoms with E-state index in [-0.39, 0.29) is 12.6 Å². The molecule has 1 aliphatic rings. The second-order valence-corrected chi connectivity index (χ2v) is 6.87. The Morgan fingerprint density at radius 3 is 2.43 bits per heavy atom. The molecule has 1 aliphatic heterocycles. The van der Waals surface area contributed by atoms with Crippen LogP contribution in [0.2, 0.25) is 0 Å². The van der Waals surface area contributed by atoms with Gasteiger partial charge >= 0.3 is 12.0 Å². The van der Waals surface area contributed by atoms with Crippen LogP contribution in [-0.4, -0.2) is 28.4 Å². The Kier molecular flexibility index (Phi) is 5.34. The summed E-state index contributed by atoms with van der Waals surface area (Å²) in [5, 5.41) is 10.3. The van der Waals surface area contributed by atoms with Crippen molar-refractivity contribution in [3.8, 4) is 16.9 Å². The minimum absolute atomic E-state index is 0.241. The number of rotatable bonds is 5. The fourth-order valence-corrected chi connectivity index (χ4v) is 3.54. The minimum Gasteiger partial charge on any atom is -0.463 e. The highest BCUT2D eigenvalue weighted by Crippen LogP contribution is 2.34. The van der Waals surface area contributed by atoms with Gasteiger partial charge in [-0.1, -0.05) is 48.5 Å². The first-order valence-electron chi connectivity index (χ1n) is 9.74. The number of benzene rings is 2. The molecule has 152 valence electrons. The molecule has 2 amide bonds. The lowest BCUT2D eigenvalue weighted by molar-refractivity contribution is -0.139. The Morgan fingerprint density at radius 2 is 1.77 bits per heavy atom. The van der Waals surface area contributed by atoms with Gasteiger partial charge in [-0.15, -0.1) is 0 Å². The molecule has 1 atom stereocenters. The first kappa shape index (κ1) is 19.4. The monoisotopic (exact) mass is 402 g/mol. The molecular weight excluding hydrogens is 380 g/mol. The van der Waals surface area contributed by atoms with Crippen molar-refractivity contribution in [3.63, 3.8) is 0 Å². The zero-order chi connectivity index (χ0) is 21.1. The van der Waals surface area contributed by atoms with Crippen LogP contribution in [0.15, 0.2) is 78.1 Å². The number of urea groups is 1. The van der Waals surface area contributed by atoms with Gasteiger partial charge in [0.05, 0.1) is 29.6 Å². The topological polar surface area (TPSA) is 85.2 Å². The Morgan fingerprint density at radius 1 is 1.10 bits per heavy atom. The lowest BCUT2D eigenvalue weighted by Crippen LogP contribution is -2.45. The van der Waals surface area contributed by atoms with Gasteiger partial charge in [0.1, 0.15) is 0 Å². The standard InChI is InChI=1S/C23H22N4O3/c1-3-30-22(28)19-15(2)24-23(29)25-21(19)18-14-27(17-12-8-5-9-13-17)26-20(18)16-10-6-4-7-11-16/h4-14,21H,3H2,1-2H3,(H2,24,25,29)/t21-/m0/s1. The highest BCUT2D eigenvalue weighted by atomic mass is 16.5. The number of allylic oxidation sites excluding steroid dienone is 1. The normalized spacial score (nSPS) is 16.1. The molecule has 2 heterocycles. The highest BCUT2D eigenvalue weighted by Gasteiger charge is 2.35. The molecule has 2 N–H and O–H groups in total. The lowest BCUT2D eigenvalue weighted by Gasteiger charge is -2.27. The largest absolute Gasteiger partial charge is 0.463 e.